The van der Waals surface area contributed by atoms with Crippen molar-refractivity contribution in [2.24, 2.45) is 5.16 Å². The molecule has 2 saturated heterocycles. The Kier molecular flexibility index (Phi) is 13.9. The van der Waals surface area contributed by atoms with Gasteiger partial charge in [0, 0.05) is 6.42 Å². The quantitative estimate of drug-likeness (QED) is 0.0316. The van der Waals surface area contributed by atoms with E-state index >= 15 is 0 Å². The van der Waals surface area contributed by atoms with Gasteiger partial charge in [0.05, 0.1) is 13.2 Å². The Morgan fingerprint density at radius 1 is 0.872 bits per heavy atom. The van der Waals surface area contributed by atoms with Gasteiger partial charge in [-0.1, -0.05) is 29.1 Å². The maximum atomic E-state index is 10.9. The van der Waals surface area contributed by atoms with Crippen molar-refractivity contribution in [1.82, 2.24) is 0 Å². The first kappa shape index (κ1) is 35.2. The van der Waals surface area contributed by atoms with Crippen molar-refractivity contribution in [3.05, 3.63) is 29.8 Å². The van der Waals surface area contributed by atoms with Gasteiger partial charge >= 0.3 is 51.4 Å². The van der Waals surface area contributed by atoms with Crippen LogP contribution in [0.15, 0.2) is 29.4 Å². The smallest absolute Gasteiger partial charge is 0.714 e. The van der Waals surface area contributed by atoms with Gasteiger partial charge in [0.15, 0.2) is 0 Å². The Morgan fingerprint density at radius 2 is 1.41 bits per heavy atom. The van der Waals surface area contributed by atoms with Crippen LogP contribution in [0.4, 0.5) is 0 Å². The predicted molar refractivity (Wildman–Crippen MR) is 124 cm³/mol. The Labute approximate surface area is 269 Å². The molecular formula is C20H28KNO15S2. The number of ether oxygens (including phenoxy) is 3. The number of benzene rings is 1. The van der Waals surface area contributed by atoms with Crippen LogP contribution < -0.4 is 56.1 Å². The molecule has 0 radical (unpaired) electrons. The third kappa shape index (κ3) is 9.49. The molecule has 3 rings (SSSR count). The molecule has 10 atom stereocenters. The molecule has 0 aromatic heterocycles. The zero-order valence-electron chi connectivity index (χ0n) is 20.4. The van der Waals surface area contributed by atoms with E-state index in [1.165, 1.54) is 24.3 Å². The summed E-state index contributed by atoms with van der Waals surface area (Å²) in [5.41, 5.74) is -0.898. The van der Waals surface area contributed by atoms with Crippen molar-refractivity contribution >= 4 is 27.2 Å². The molecule has 216 valence electrons. The summed E-state index contributed by atoms with van der Waals surface area (Å²) in [6.07, 6.45) is -13.9. The molecule has 2 aliphatic heterocycles. The third-order valence-electron chi connectivity index (χ3n) is 5.71. The van der Waals surface area contributed by atoms with Crippen LogP contribution in [0.5, 0.6) is 5.75 Å². The summed E-state index contributed by atoms with van der Waals surface area (Å²) in [5.74, 6) is 0.136. The van der Waals surface area contributed by atoms with Gasteiger partial charge in [0.1, 0.15) is 65.1 Å². The largest absolute Gasteiger partial charge is 1.00 e. The number of oxime groups is 1. The Bertz CT molecular complexity index is 1040. The number of hydrogen-bond donors (Lipinski definition) is 8. The molecule has 39 heavy (non-hydrogen) atoms. The molecule has 16 nitrogen and oxygen atoms in total. The minimum Gasteiger partial charge on any atom is -0.714 e. The minimum absolute atomic E-state index is 0. The van der Waals surface area contributed by atoms with E-state index in [2.05, 4.69) is 9.44 Å². The van der Waals surface area contributed by atoms with Gasteiger partial charge in [-0.15, -0.1) is 0 Å². The van der Waals surface area contributed by atoms with E-state index in [4.69, 9.17) is 14.2 Å². The van der Waals surface area contributed by atoms with Gasteiger partial charge < -0.3 is 59.6 Å². The second kappa shape index (κ2) is 15.5. The number of thioether (sulfide) groups is 1. The first-order valence-electron chi connectivity index (χ1n) is 11.1. The second-order valence-electron chi connectivity index (χ2n) is 8.42. The van der Waals surface area contributed by atoms with E-state index in [1.807, 2.05) is 0 Å². The van der Waals surface area contributed by atoms with Crippen molar-refractivity contribution in [2.75, 3.05) is 13.2 Å². The number of aliphatic hydroxyl groups is 8. The van der Waals surface area contributed by atoms with E-state index in [1.54, 1.807) is 0 Å². The molecule has 0 bridgehead atoms. The van der Waals surface area contributed by atoms with E-state index < -0.39 is 84.2 Å². The van der Waals surface area contributed by atoms with Crippen LogP contribution in [0.25, 0.3) is 0 Å². The van der Waals surface area contributed by atoms with E-state index in [9.17, 15) is 53.8 Å². The summed E-state index contributed by atoms with van der Waals surface area (Å²) in [5, 5.41) is 81.7. The van der Waals surface area contributed by atoms with Crippen LogP contribution in [0, 0.1) is 0 Å². The Balaban J connectivity index is 0.00000533. The molecule has 2 aliphatic rings. The van der Waals surface area contributed by atoms with Gasteiger partial charge in [0.2, 0.25) is 6.29 Å². The fraction of sp³-hybridized carbons (Fsp3) is 0.650. The summed E-state index contributed by atoms with van der Waals surface area (Å²) in [7, 11) is -5.24. The summed E-state index contributed by atoms with van der Waals surface area (Å²) < 4.78 is 52.8. The SMILES string of the molecule is O=S(=O)([O-])O/N=C(/Cc1ccc(O[C@H]2O[C@H](CO)[C@@H](O)[C@H](O)[C@@H]2O)cc1)S[C@@H]1O[C@H](CO)[C@@H](O)[C@H](O)[C@H]1O.[K+]. The molecule has 1 aromatic carbocycles. The van der Waals surface area contributed by atoms with Gasteiger partial charge in [0.25, 0.3) is 10.4 Å². The topological polar surface area (TPSA) is 268 Å². The zero-order valence-corrected chi connectivity index (χ0v) is 25.2. The molecule has 2 heterocycles. The molecule has 19 heteroatoms. The van der Waals surface area contributed by atoms with Crippen LogP contribution in [-0.2, 0) is 30.6 Å². The monoisotopic (exact) mass is 625 g/mol. The van der Waals surface area contributed by atoms with Gasteiger partial charge in [-0.2, -0.15) is 8.42 Å². The zero-order chi connectivity index (χ0) is 28.2. The predicted octanol–water partition coefficient (Wildman–Crippen LogP) is -7.26. The van der Waals surface area contributed by atoms with E-state index in [0.29, 0.717) is 17.3 Å². The fourth-order valence-electron chi connectivity index (χ4n) is 3.64. The van der Waals surface area contributed by atoms with Crippen LogP contribution in [0.1, 0.15) is 5.56 Å². The fourth-order valence-corrected chi connectivity index (χ4v) is 4.97. The molecule has 0 spiro atoms. The van der Waals surface area contributed by atoms with Gasteiger partial charge in [-0.3, -0.25) is 4.28 Å². The van der Waals surface area contributed by atoms with E-state index in [0.717, 1.165) is 0 Å². The molecule has 8 N–H and O–H groups in total. The molecule has 0 amide bonds. The number of rotatable bonds is 9. The summed E-state index contributed by atoms with van der Waals surface area (Å²) >= 11 is 0.578. The third-order valence-corrected chi connectivity index (χ3v) is 7.08. The van der Waals surface area contributed by atoms with Crippen LogP contribution in [0.2, 0.25) is 0 Å². The Hall–Kier alpha value is -0.0136. The van der Waals surface area contributed by atoms with Crippen molar-refractivity contribution in [3.8, 4) is 5.75 Å². The molecule has 2 fully saturated rings. The molecule has 1 aromatic rings. The van der Waals surface area contributed by atoms with Crippen LogP contribution >= 0.6 is 11.8 Å². The Morgan fingerprint density at radius 3 is 1.95 bits per heavy atom. The van der Waals surface area contributed by atoms with Crippen LogP contribution in [0.3, 0.4) is 0 Å². The minimum atomic E-state index is -5.24. The van der Waals surface area contributed by atoms with Crippen molar-refractivity contribution < 1.29 is 124 Å². The van der Waals surface area contributed by atoms with Crippen molar-refractivity contribution in [1.29, 1.82) is 0 Å². The summed E-state index contributed by atoms with van der Waals surface area (Å²) in [6.45, 7) is -1.34. The molecule has 0 unspecified atom stereocenters. The van der Waals surface area contributed by atoms with E-state index in [-0.39, 0.29) is 68.6 Å². The first-order valence-corrected chi connectivity index (χ1v) is 13.3. The molecule has 0 aliphatic carbocycles. The number of hydrogen-bond acceptors (Lipinski definition) is 17. The molecule has 0 saturated carbocycles. The molecular weight excluding hydrogens is 597 g/mol. The summed E-state index contributed by atoms with van der Waals surface area (Å²) in [6, 6.07) is 5.74. The van der Waals surface area contributed by atoms with Gasteiger partial charge in [-0.05, 0) is 17.7 Å². The second-order valence-corrected chi connectivity index (χ2v) is 10.6. The number of aliphatic hydroxyl groups excluding tert-OH is 8. The first-order chi connectivity index (χ1) is 17.8. The van der Waals surface area contributed by atoms with Gasteiger partial charge in [-0.25, -0.2) is 0 Å². The standard InChI is InChI=1S/C20H29NO15S2.K/c22-6-10-13(24)15(26)17(28)19(34-10)33-9-3-1-8(2-4-9)5-12(21-36-38(30,31)32)37-20-18(29)16(27)14(25)11(7-23)35-20;/h1-4,10-11,13-20,22-29H,5-7H2,(H,30,31,32);/q;+1/p-1/b21-12-;/t10-,11-,13-,14-,15+,16+,17+,18-,19+,20+;/m1./s1. The maximum Gasteiger partial charge on any atom is 1.00 e. The average Bonchev–Trinajstić information content (AvgIpc) is 2.88. The summed E-state index contributed by atoms with van der Waals surface area (Å²) in [4.78, 5) is 0. The number of nitrogens with zero attached hydrogens (tertiary/aromatic N) is 1. The normalized spacial score (nSPS) is 35.7. The van der Waals surface area contributed by atoms with Crippen molar-refractivity contribution in [2.45, 2.75) is 67.0 Å². The maximum absolute atomic E-state index is 10.9. The average molecular weight is 626 g/mol. The van der Waals surface area contributed by atoms with Crippen LogP contribution in [-0.4, -0.2) is 133 Å². The van der Waals surface area contributed by atoms with Crippen molar-refractivity contribution in [3.63, 3.8) is 0 Å².